The molecule has 1 amide bonds. The monoisotopic (exact) mass is 323 g/mol. The van der Waals surface area contributed by atoms with Crippen molar-refractivity contribution in [2.75, 3.05) is 51.7 Å². The molecule has 1 saturated heterocycles. The van der Waals surface area contributed by atoms with Crippen LogP contribution in [0.1, 0.15) is 6.42 Å². The number of nitrogens with one attached hydrogen (secondary N) is 1. The van der Waals surface area contributed by atoms with Crippen LogP contribution in [0.15, 0.2) is 24.3 Å². The number of carbonyl (C=O) groups is 2. The summed E-state index contributed by atoms with van der Waals surface area (Å²) in [5, 5.41) is 2.69. The summed E-state index contributed by atoms with van der Waals surface area (Å²) in [5.74, 6) is -0.731. The molecule has 126 valence electrons. The lowest BCUT2D eigenvalue weighted by molar-refractivity contribution is -0.142. The Balaban J connectivity index is 1.67. The molecular formula is C16H22FN3O3. The first-order chi connectivity index (χ1) is 11.1. The number of nitrogens with zero attached hydrogens (tertiary/aromatic N) is 2. The average molecular weight is 323 g/mol. The van der Waals surface area contributed by atoms with Gasteiger partial charge in [0.15, 0.2) is 0 Å². The number of methoxy groups -OCH3 is 1. The molecule has 1 fully saturated rings. The predicted molar refractivity (Wildman–Crippen MR) is 84.5 cm³/mol. The van der Waals surface area contributed by atoms with Gasteiger partial charge in [0.25, 0.3) is 0 Å². The zero-order chi connectivity index (χ0) is 16.7. The van der Waals surface area contributed by atoms with Crippen LogP contribution in [-0.2, 0) is 14.3 Å². The summed E-state index contributed by atoms with van der Waals surface area (Å²) in [4.78, 5) is 27.3. The topological polar surface area (TPSA) is 61.9 Å². The maximum Gasteiger partial charge on any atom is 0.319 e. The standard InChI is InChI=1S/C16H22FN3O3/c1-23-16(22)12-20-9-7-19(8-10-20)6-5-15(21)18-14-4-2-3-13(17)11-14/h2-4,11H,5-10,12H2,1H3,(H,18,21). The summed E-state index contributed by atoms with van der Waals surface area (Å²) < 4.78 is 17.7. The van der Waals surface area contributed by atoms with Crippen LogP contribution in [0.3, 0.4) is 0 Å². The van der Waals surface area contributed by atoms with Crippen molar-refractivity contribution in [1.29, 1.82) is 0 Å². The first-order valence-electron chi connectivity index (χ1n) is 7.64. The highest BCUT2D eigenvalue weighted by Crippen LogP contribution is 2.10. The lowest BCUT2D eigenvalue weighted by Gasteiger charge is -2.33. The number of piperazine rings is 1. The summed E-state index contributed by atoms with van der Waals surface area (Å²) in [5.41, 5.74) is 0.470. The minimum Gasteiger partial charge on any atom is -0.468 e. The molecular weight excluding hydrogens is 301 g/mol. The van der Waals surface area contributed by atoms with Crippen molar-refractivity contribution in [3.8, 4) is 0 Å². The Morgan fingerprint density at radius 3 is 2.57 bits per heavy atom. The first kappa shape index (κ1) is 17.4. The molecule has 23 heavy (non-hydrogen) atoms. The van der Waals surface area contributed by atoms with E-state index in [9.17, 15) is 14.0 Å². The van der Waals surface area contributed by atoms with Crippen molar-refractivity contribution >= 4 is 17.6 Å². The van der Waals surface area contributed by atoms with Crippen LogP contribution in [0.25, 0.3) is 0 Å². The number of carbonyl (C=O) groups excluding carboxylic acids is 2. The lowest BCUT2D eigenvalue weighted by atomic mass is 10.2. The van der Waals surface area contributed by atoms with Crippen molar-refractivity contribution in [1.82, 2.24) is 9.80 Å². The van der Waals surface area contributed by atoms with Crippen LogP contribution >= 0.6 is 0 Å². The van der Waals surface area contributed by atoms with E-state index in [1.165, 1.54) is 19.2 Å². The van der Waals surface area contributed by atoms with Gasteiger partial charge in [0, 0.05) is 44.8 Å². The highest BCUT2D eigenvalue weighted by atomic mass is 19.1. The van der Waals surface area contributed by atoms with Gasteiger partial charge in [0.2, 0.25) is 5.91 Å². The van der Waals surface area contributed by atoms with Crippen molar-refractivity contribution in [2.45, 2.75) is 6.42 Å². The highest BCUT2D eigenvalue weighted by molar-refractivity contribution is 5.90. The SMILES string of the molecule is COC(=O)CN1CCN(CCC(=O)Nc2cccc(F)c2)CC1. The van der Waals surface area contributed by atoms with Crippen LogP contribution in [0, 0.1) is 5.82 Å². The Bertz CT molecular complexity index is 545. The van der Waals surface area contributed by atoms with Crippen molar-refractivity contribution in [2.24, 2.45) is 0 Å². The Kier molecular flexibility index (Phi) is 6.49. The molecule has 1 N–H and O–H groups in total. The molecule has 2 rings (SSSR count). The minimum absolute atomic E-state index is 0.132. The fourth-order valence-electron chi connectivity index (χ4n) is 2.47. The maximum absolute atomic E-state index is 13.0. The number of esters is 1. The third kappa shape index (κ3) is 5.96. The molecule has 0 atom stereocenters. The van der Waals surface area contributed by atoms with Gasteiger partial charge in [-0.1, -0.05) is 6.07 Å². The smallest absolute Gasteiger partial charge is 0.319 e. The van der Waals surface area contributed by atoms with Gasteiger partial charge < -0.3 is 15.0 Å². The number of hydrogen-bond donors (Lipinski definition) is 1. The van der Waals surface area contributed by atoms with E-state index < -0.39 is 0 Å². The summed E-state index contributed by atoms with van der Waals surface area (Å²) in [6.45, 7) is 4.13. The third-order valence-electron chi connectivity index (χ3n) is 3.81. The summed E-state index contributed by atoms with van der Waals surface area (Å²) in [6.07, 6.45) is 0.355. The molecule has 7 heteroatoms. The fraction of sp³-hybridized carbons (Fsp3) is 0.500. The molecule has 0 aromatic heterocycles. The van der Waals surface area contributed by atoms with Crippen molar-refractivity contribution in [3.05, 3.63) is 30.1 Å². The molecule has 1 heterocycles. The van der Waals surface area contributed by atoms with Crippen LogP contribution in [0.2, 0.25) is 0 Å². The molecule has 0 saturated carbocycles. The first-order valence-corrected chi connectivity index (χ1v) is 7.64. The summed E-state index contributed by atoms with van der Waals surface area (Å²) >= 11 is 0. The largest absolute Gasteiger partial charge is 0.468 e. The normalized spacial score (nSPS) is 16.1. The summed E-state index contributed by atoms with van der Waals surface area (Å²) in [6, 6.07) is 5.85. The van der Waals surface area contributed by atoms with E-state index >= 15 is 0 Å². The van der Waals surface area contributed by atoms with Crippen LogP contribution in [0.5, 0.6) is 0 Å². The molecule has 0 spiro atoms. The van der Waals surface area contributed by atoms with E-state index in [4.69, 9.17) is 0 Å². The number of benzene rings is 1. The van der Waals surface area contributed by atoms with E-state index in [1.807, 2.05) is 4.90 Å². The third-order valence-corrected chi connectivity index (χ3v) is 3.81. The van der Waals surface area contributed by atoms with Gasteiger partial charge in [0.1, 0.15) is 5.82 Å². The van der Waals surface area contributed by atoms with Crippen LogP contribution in [-0.4, -0.2) is 68.1 Å². The molecule has 0 unspecified atom stereocenters. The molecule has 0 radical (unpaired) electrons. The highest BCUT2D eigenvalue weighted by Gasteiger charge is 2.19. The van der Waals surface area contributed by atoms with E-state index in [1.54, 1.807) is 12.1 Å². The zero-order valence-electron chi connectivity index (χ0n) is 13.3. The second-order valence-corrected chi connectivity index (χ2v) is 5.50. The van der Waals surface area contributed by atoms with Crippen LogP contribution < -0.4 is 5.32 Å². The Hall–Kier alpha value is -1.99. The molecule has 1 aromatic rings. The second-order valence-electron chi connectivity index (χ2n) is 5.50. The lowest BCUT2D eigenvalue weighted by Crippen LogP contribution is -2.48. The van der Waals surface area contributed by atoms with Gasteiger partial charge in [-0.05, 0) is 18.2 Å². The summed E-state index contributed by atoms with van der Waals surface area (Å²) in [7, 11) is 1.38. The van der Waals surface area contributed by atoms with Gasteiger partial charge in [-0.25, -0.2) is 4.39 Å². The quantitative estimate of drug-likeness (QED) is 0.790. The Labute approximate surface area is 135 Å². The van der Waals surface area contributed by atoms with Gasteiger partial charge in [0.05, 0.1) is 13.7 Å². The van der Waals surface area contributed by atoms with Crippen molar-refractivity contribution in [3.63, 3.8) is 0 Å². The Morgan fingerprint density at radius 2 is 1.91 bits per heavy atom. The van der Waals surface area contributed by atoms with E-state index in [0.717, 1.165) is 26.2 Å². The Morgan fingerprint density at radius 1 is 1.22 bits per heavy atom. The molecule has 6 nitrogen and oxygen atoms in total. The number of halogens is 1. The second kappa shape index (κ2) is 8.59. The van der Waals surface area contributed by atoms with Gasteiger partial charge in [-0.15, -0.1) is 0 Å². The zero-order valence-corrected chi connectivity index (χ0v) is 13.3. The number of rotatable bonds is 6. The predicted octanol–water partition coefficient (Wildman–Crippen LogP) is 0.945. The number of amides is 1. The van der Waals surface area contributed by atoms with Crippen molar-refractivity contribution < 1.29 is 18.7 Å². The van der Waals surface area contributed by atoms with E-state index in [-0.39, 0.29) is 17.7 Å². The van der Waals surface area contributed by atoms with Gasteiger partial charge in [-0.2, -0.15) is 0 Å². The molecule has 1 aromatic carbocycles. The fourth-order valence-corrected chi connectivity index (χ4v) is 2.47. The molecule has 1 aliphatic rings. The maximum atomic E-state index is 13.0. The number of ether oxygens (including phenoxy) is 1. The van der Waals surface area contributed by atoms with Gasteiger partial charge >= 0.3 is 5.97 Å². The average Bonchev–Trinajstić information content (AvgIpc) is 2.54. The van der Waals surface area contributed by atoms with Crippen LogP contribution in [0.4, 0.5) is 10.1 Å². The minimum atomic E-state index is -0.371. The number of hydrogen-bond acceptors (Lipinski definition) is 5. The molecule has 1 aliphatic heterocycles. The van der Waals surface area contributed by atoms with E-state index in [2.05, 4.69) is 15.0 Å². The molecule has 0 bridgehead atoms. The number of anilines is 1. The van der Waals surface area contributed by atoms with Gasteiger partial charge in [-0.3, -0.25) is 14.5 Å². The van der Waals surface area contributed by atoms with E-state index in [0.29, 0.717) is 25.2 Å². The molecule has 0 aliphatic carbocycles.